The minimum absolute atomic E-state index is 0.602. The minimum Gasteiger partial charge on any atom is -0.356 e. The number of hydrogen-bond acceptors (Lipinski definition) is 1. The van der Waals surface area contributed by atoms with Gasteiger partial charge in [-0.3, -0.25) is 4.99 Å². The molecule has 0 aromatic heterocycles. The number of rotatable bonds is 6. The molecular formula is C17H24ClN3. The van der Waals surface area contributed by atoms with Crippen LogP contribution in [-0.4, -0.2) is 26.1 Å². The van der Waals surface area contributed by atoms with Crippen LogP contribution in [-0.2, 0) is 6.42 Å². The molecule has 0 heterocycles. The van der Waals surface area contributed by atoms with E-state index in [0.29, 0.717) is 5.41 Å². The molecule has 1 aromatic rings. The summed E-state index contributed by atoms with van der Waals surface area (Å²) in [6.45, 7) is 1.95. The first kappa shape index (κ1) is 14.7. The van der Waals surface area contributed by atoms with Crippen molar-refractivity contribution in [3.8, 4) is 0 Å². The molecule has 4 heteroatoms. The lowest BCUT2D eigenvalue weighted by molar-refractivity contribution is 0.431. The predicted octanol–water partition coefficient (Wildman–Crippen LogP) is 3.24. The van der Waals surface area contributed by atoms with Gasteiger partial charge in [-0.1, -0.05) is 23.7 Å². The van der Waals surface area contributed by atoms with Crippen LogP contribution in [0.1, 0.15) is 31.2 Å². The molecule has 3 nitrogen and oxygen atoms in total. The van der Waals surface area contributed by atoms with E-state index in [4.69, 9.17) is 11.6 Å². The van der Waals surface area contributed by atoms with Crippen molar-refractivity contribution in [3.05, 3.63) is 34.9 Å². The molecule has 2 aliphatic rings. The van der Waals surface area contributed by atoms with E-state index >= 15 is 0 Å². The highest BCUT2D eigenvalue weighted by atomic mass is 35.5. The maximum absolute atomic E-state index is 6.00. The molecule has 1 aromatic carbocycles. The summed E-state index contributed by atoms with van der Waals surface area (Å²) in [5.74, 6) is 1.90. The van der Waals surface area contributed by atoms with E-state index in [1.807, 2.05) is 25.2 Å². The third kappa shape index (κ3) is 3.91. The summed E-state index contributed by atoms with van der Waals surface area (Å²) in [6, 6.07) is 8.03. The van der Waals surface area contributed by atoms with Crippen LogP contribution in [0.2, 0.25) is 5.02 Å². The van der Waals surface area contributed by atoms with E-state index < -0.39 is 0 Å². The lowest BCUT2D eigenvalue weighted by Crippen LogP contribution is -2.41. The van der Waals surface area contributed by atoms with E-state index in [1.165, 1.54) is 31.2 Å². The Morgan fingerprint density at radius 3 is 2.76 bits per heavy atom. The summed E-state index contributed by atoms with van der Waals surface area (Å²) < 4.78 is 0. The number of guanidine groups is 1. The van der Waals surface area contributed by atoms with Crippen molar-refractivity contribution in [2.75, 3.05) is 20.1 Å². The second kappa shape index (κ2) is 6.27. The molecule has 0 unspecified atom stereocenters. The lowest BCUT2D eigenvalue weighted by atomic mass is 10.0. The summed E-state index contributed by atoms with van der Waals surface area (Å²) in [6.07, 6.45) is 6.61. The van der Waals surface area contributed by atoms with Crippen molar-refractivity contribution in [3.63, 3.8) is 0 Å². The molecule has 114 valence electrons. The highest BCUT2D eigenvalue weighted by Crippen LogP contribution is 2.60. The summed E-state index contributed by atoms with van der Waals surface area (Å²) >= 11 is 6.00. The van der Waals surface area contributed by atoms with Crippen molar-refractivity contribution < 1.29 is 0 Å². The number of nitrogens with zero attached hydrogens (tertiary/aromatic N) is 1. The van der Waals surface area contributed by atoms with Crippen LogP contribution in [0.15, 0.2) is 29.3 Å². The summed E-state index contributed by atoms with van der Waals surface area (Å²) in [4.78, 5) is 4.32. The molecule has 0 atom stereocenters. The molecule has 0 spiro atoms. The van der Waals surface area contributed by atoms with Gasteiger partial charge in [0.05, 0.1) is 0 Å². The standard InChI is InChI=1S/C17H24ClN3/c1-19-16(21-12-17(8-9-17)14-5-6-14)20-10-7-13-3-2-4-15(18)11-13/h2-4,11,14H,5-10,12H2,1H3,(H2,19,20,21). The molecule has 0 amide bonds. The zero-order chi connectivity index (χ0) is 14.7. The smallest absolute Gasteiger partial charge is 0.191 e. The van der Waals surface area contributed by atoms with Gasteiger partial charge in [0.15, 0.2) is 5.96 Å². The maximum Gasteiger partial charge on any atom is 0.191 e. The van der Waals surface area contributed by atoms with Crippen LogP contribution < -0.4 is 10.6 Å². The van der Waals surface area contributed by atoms with Gasteiger partial charge in [-0.25, -0.2) is 0 Å². The Hall–Kier alpha value is -1.22. The van der Waals surface area contributed by atoms with Crippen LogP contribution in [0.5, 0.6) is 0 Å². The maximum atomic E-state index is 6.00. The van der Waals surface area contributed by atoms with E-state index in [1.54, 1.807) is 0 Å². The normalized spacial score (nSPS) is 20.2. The quantitative estimate of drug-likeness (QED) is 0.625. The van der Waals surface area contributed by atoms with Gasteiger partial charge in [0.1, 0.15) is 0 Å². The van der Waals surface area contributed by atoms with Crippen LogP contribution in [0.25, 0.3) is 0 Å². The van der Waals surface area contributed by atoms with E-state index in [-0.39, 0.29) is 0 Å². The Labute approximate surface area is 132 Å². The fourth-order valence-corrected chi connectivity index (χ4v) is 3.30. The van der Waals surface area contributed by atoms with Crippen LogP contribution >= 0.6 is 11.6 Å². The zero-order valence-corrected chi connectivity index (χ0v) is 13.4. The van der Waals surface area contributed by atoms with Crippen molar-refractivity contribution >= 4 is 17.6 Å². The van der Waals surface area contributed by atoms with E-state index in [0.717, 1.165) is 36.4 Å². The monoisotopic (exact) mass is 305 g/mol. The number of halogens is 1. The Balaban J connectivity index is 1.40. The predicted molar refractivity (Wildman–Crippen MR) is 88.9 cm³/mol. The number of hydrogen-bond donors (Lipinski definition) is 2. The van der Waals surface area contributed by atoms with Gasteiger partial charge < -0.3 is 10.6 Å². The molecule has 2 saturated carbocycles. The van der Waals surface area contributed by atoms with Gasteiger partial charge in [-0.15, -0.1) is 0 Å². The van der Waals surface area contributed by atoms with Gasteiger partial charge >= 0.3 is 0 Å². The van der Waals surface area contributed by atoms with Gasteiger partial charge in [-0.2, -0.15) is 0 Å². The highest BCUT2D eigenvalue weighted by molar-refractivity contribution is 6.30. The summed E-state index contributed by atoms with van der Waals surface area (Å²) in [5, 5.41) is 7.70. The number of aliphatic imine (C=N–C) groups is 1. The van der Waals surface area contributed by atoms with Crippen LogP contribution in [0, 0.1) is 11.3 Å². The average molecular weight is 306 g/mol. The van der Waals surface area contributed by atoms with Crippen molar-refractivity contribution in [2.45, 2.75) is 32.1 Å². The first-order valence-electron chi connectivity index (χ1n) is 7.91. The molecule has 3 rings (SSSR count). The third-order valence-corrected chi connectivity index (χ3v) is 5.00. The van der Waals surface area contributed by atoms with Gasteiger partial charge in [0.25, 0.3) is 0 Å². The van der Waals surface area contributed by atoms with Crippen molar-refractivity contribution in [2.24, 2.45) is 16.3 Å². The fraction of sp³-hybridized carbons (Fsp3) is 0.588. The first-order chi connectivity index (χ1) is 10.2. The molecule has 21 heavy (non-hydrogen) atoms. The van der Waals surface area contributed by atoms with Gasteiger partial charge in [0, 0.05) is 25.2 Å². The van der Waals surface area contributed by atoms with E-state index in [2.05, 4.69) is 21.7 Å². The Morgan fingerprint density at radius 1 is 1.33 bits per heavy atom. The molecule has 0 saturated heterocycles. The molecule has 2 N–H and O–H groups in total. The fourth-order valence-electron chi connectivity index (χ4n) is 3.08. The first-order valence-corrected chi connectivity index (χ1v) is 8.29. The number of nitrogens with one attached hydrogen (secondary N) is 2. The second-order valence-corrected chi connectivity index (χ2v) is 6.81. The highest BCUT2D eigenvalue weighted by Gasteiger charge is 2.53. The zero-order valence-electron chi connectivity index (χ0n) is 12.7. The molecule has 0 bridgehead atoms. The molecule has 2 fully saturated rings. The Morgan fingerprint density at radius 2 is 2.14 bits per heavy atom. The largest absolute Gasteiger partial charge is 0.356 e. The van der Waals surface area contributed by atoms with Crippen LogP contribution in [0.3, 0.4) is 0 Å². The Kier molecular flexibility index (Phi) is 4.39. The topological polar surface area (TPSA) is 36.4 Å². The molecule has 0 aliphatic heterocycles. The molecule has 2 aliphatic carbocycles. The van der Waals surface area contributed by atoms with E-state index in [9.17, 15) is 0 Å². The van der Waals surface area contributed by atoms with Gasteiger partial charge in [0.2, 0.25) is 0 Å². The van der Waals surface area contributed by atoms with Crippen molar-refractivity contribution in [1.82, 2.24) is 10.6 Å². The van der Waals surface area contributed by atoms with Gasteiger partial charge in [-0.05, 0) is 61.1 Å². The second-order valence-electron chi connectivity index (χ2n) is 6.37. The summed E-state index contributed by atoms with van der Waals surface area (Å²) in [5.41, 5.74) is 1.85. The molecule has 0 radical (unpaired) electrons. The Bertz CT molecular complexity index is 519. The lowest BCUT2D eigenvalue weighted by Gasteiger charge is -2.18. The number of benzene rings is 1. The SMILES string of the molecule is CN=C(NCCc1cccc(Cl)c1)NCC1(C2CC2)CC1. The van der Waals surface area contributed by atoms with Crippen LogP contribution in [0.4, 0.5) is 0 Å². The summed E-state index contributed by atoms with van der Waals surface area (Å²) in [7, 11) is 1.84. The van der Waals surface area contributed by atoms with Crippen molar-refractivity contribution in [1.29, 1.82) is 0 Å². The third-order valence-electron chi connectivity index (χ3n) is 4.76. The average Bonchev–Trinajstić information content (AvgIpc) is 3.36. The minimum atomic E-state index is 0.602. The molecular weight excluding hydrogens is 282 g/mol.